The minimum absolute atomic E-state index is 0.159. The van der Waals surface area contributed by atoms with Crippen LogP contribution in [0.4, 0.5) is 0 Å². The third kappa shape index (κ3) is 1.21. The molecule has 0 aromatic carbocycles. The van der Waals surface area contributed by atoms with Crippen molar-refractivity contribution in [3.8, 4) is 0 Å². The molecule has 1 fully saturated rings. The molecule has 9 nitrogen and oxygen atoms in total. The van der Waals surface area contributed by atoms with Crippen molar-refractivity contribution in [1.29, 1.82) is 0 Å². The molecule has 1 atom stereocenters. The zero-order chi connectivity index (χ0) is 13.7. The Morgan fingerprint density at radius 3 is 2.00 bits per heavy atom. The maximum Gasteiger partial charge on any atom is 0.340 e. The molecule has 0 aliphatic carbocycles. The Hall–Kier alpha value is -2.55. The lowest BCUT2D eigenvalue weighted by Crippen LogP contribution is -2.61. The van der Waals surface area contributed by atoms with Crippen LogP contribution in [0.1, 0.15) is 6.42 Å². The Labute approximate surface area is 98.8 Å². The minimum atomic E-state index is -2.70. The first kappa shape index (κ1) is 11.9. The van der Waals surface area contributed by atoms with Crippen molar-refractivity contribution >= 4 is 29.6 Å². The average molecular weight is 254 g/mol. The van der Waals surface area contributed by atoms with Crippen LogP contribution in [-0.4, -0.2) is 55.4 Å². The molecule has 94 valence electrons. The van der Waals surface area contributed by atoms with E-state index in [2.05, 4.69) is 0 Å². The van der Waals surface area contributed by atoms with Crippen LogP contribution in [-0.2, 0) is 24.0 Å². The number of carbonyl (C=O) groups excluding carboxylic acids is 4. The van der Waals surface area contributed by atoms with Crippen molar-refractivity contribution in [3.05, 3.63) is 12.2 Å². The Morgan fingerprint density at radius 1 is 1.17 bits per heavy atom. The predicted molar refractivity (Wildman–Crippen MR) is 49.6 cm³/mol. The molecule has 0 spiro atoms. The maximum atomic E-state index is 11.7. The lowest BCUT2D eigenvalue weighted by atomic mass is 9.95. The highest BCUT2D eigenvalue weighted by atomic mass is 16.5. The smallest absolute Gasteiger partial charge is 0.340 e. The number of carbonyl (C=O) groups is 5. The van der Waals surface area contributed by atoms with Crippen LogP contribution < -0.4 is 0 Å². The zero-order valence-electron chi connectivity index (χ0n) is 8.69. The van der Waals surface area contributed by atoms with Gasteiger partial charge in [-0.15, -0.1) is 0 Å². The standard InChI is InChI=1S/C9H6N2O7/c12-4-1-2-5(13)10(4)9(8(16)17)3-6(14)11(18)7(9)15/h1-2,18H,3H2,(H,16,17). The Morgan fingerprint density at radius 2 is 1.67 bits per heavy atom. The molecule has 2 rings (SSSR count). The van der Waals surface area contributed by atoms with Crippen LogP contribution >= 0.6 is 0 Å². The van der Waals surface area contributed by atoms with Crippen molar-refractivity contribution in [2.75, 3.05) is 0 Å². The first-order valence-corrected chi connectivity index (χ1v) is 4.68. The molecular formula is C9H6N2O7. The molecule has 1 unspecified atom stereocenters. The van der Waals surface area contributed by atoms with E-state index in [-0.39, 0.29) is 4.90 Å². The topological polar surface area (TPSA) is 132 Å². The SMILES string of the molecule is O=C1CC(C(=O)O)(N2C(=O)C=CC2=O)C(=O)N1O. The molecule has 0 saturated carbocycles. The van der Waals surface area contributed by atoms with E-state index in [1.807, 2.05) is 0 Å². The van der Waals surface area contributed by atoms with Gasteiger partial charge in [0, 0.05) is 12.2 Å². The minimum Gasteiger partial charge on any atom is -0.479 e. The van der Waals surface area contributed by atoms with Gasteiger partial charge in [-0.1, -0.05) is 0 Å². The molecular weight excluding hydrogens is 248 g/mol. The molecule has 2 aliphatic heterocycles. The Kier molecular flexibility index (Phi) is 2.30. The van der Waals surface area contributed by atoms with E-state index in [9.17, 15) is 24.0 Å². The number of hydrogen-bond donors (Lipinski definition) is 2. The fraction of sp³-hybridized carbons (Fsp3) is 0.222. The van der Waals surface area contributed by atoms with Crippen molar-refractivity contribution in [2.24, 2.45) is 0 Å². The number of hydrogen-bond acceptors (Lipinski definition) is 6. The van der Waals surface area contributed by atoms with Crippen molar-refractivity contribution in [2.45, 2.75) is 12.0 Å². The van der Waals surface area contributed by atoms with Crippen LogP contribution in [0.15, 0.2) is 12.2 Å². The van der Waals surface area contributed by atoms with Crippen LogP contribution in [0.2, 0.25) is 0 Å². The molecule has 18 heavy (non-hydrogen) atoms. The normalized spacial score (nSPS) is 27.6. The van der Waals surface area contributed by atoms with E-state index in [1.54, 1.807) is 0 Å². The monoisotopic (exact) mass is 254 g/mol. The fourth-order valence-corrected chi connectivity index (χ4v) is 1.87. The van der Waals surface area contributed by atoms with Gasteiger partial charge in [0.05, 0.1) is 6.42 Å². The van der Waals surface area contributed by atoms with E-state index in [0.29, 0.717) is 0 Å². The molecule has 0 aromatic heterocycles. The van der Waals surface area contributed by atoms with Gasteiger partial charge in [0.1, 0.15) is 0 Å². The molecule has 2 N–H and O–H groups in total. The lowest BCUT2D eigenvalue weighted by molar-refractivity contribution is -0.180. The van der Waals surface area contributed by atoms with Crippen molar-refractivity contribution < 1.29 is 34.3 Å². The molecule has 9 heteroatoms. The van der Waals surface area contributed by atoms with Crippen LogP contribution in [0.3, 0.4) is 0 Å². The summed E-state index contributed by atoms with van der Waals surface area (Å²) in [5.41, 5.74) is -2.70. The van der Waals surface area contributed by atoms with E-state index in [1.165, 1.54) is 0 Å². The van der Waals surface area contributed by atoms with Gasteiger partial charge in [0.25, 0.3) is 23.6 Å². The quantitative estimate of drug-likeness (QED) is 0.327. The number of carboxylic acid groups (broad SMARTS) is 1. The van der Waals surface area contributed by atoms with Gasteiger partial charge in [-0.2, -0.15) is 5.06 Å². The molecule has 2 aliphatic rings. The van der Waals surface area contributed by atoms with Gasteiger partial charge >= 0.3 is 5.97 Å². The van der Waals surface area contributed by atoms with Crippen LogP contribution in [0.5, 0.6) is 0 Å². The first-order valence-electron chi connectivity index (χ1n) is 4.68. The molecule has 0 bridgehead atoms. The van der Waals surface area contributed by atoms with E-state index in [0.717, 1.165) is 12.2 Å². The van der Waals surface area contributed by atoms with E-state index < -0.39 is 46.6 Å². The summed E-state index contributed by atoms with van der Waals surface area (Å²) < 4.78 is 0. The summed E-state index contributed by atoms with van der Waals surface area (Å²) in [6.45, 7) is 0. The third-order valence-corrected chi connectivity index (χ3v) is 2.73. The largest absolute Gasteiger partial charge is 0.479 e. The maximum absolute atomic E-state index is 11.7. The average Bonchev–Trinajstić information content (AvgIpc) is 2.73. The number of carboxylic acids is 1. The molecule has 2 heterocycles. The van der Waals surface area contributed by atoms with E-state index >= 15 is 0 Å². The summed E-state index contributed by atoms with van der Waals surface area (Å²) in [5, 5.41) is 17.8. The number of rotatable bonds is 2. The van der Waals surface area contributed by atoms with Gasteiger partial charge in [0.15, 0.2) is 0 Å². The van der Waals surface area contributed by atoms with E-state index in [4.69, 9.17) is 10.3 Å². The highest BCUT2D eigenvalue weighted by Gasteiger charge is 2.64. The molecule has 0 radical (unpaired) electrons. The molecule has 1 saturated heterocycles. The second-order valence-electron chi connectivity index (χ2n) is 3.70. The van der Waals surface area contributed by atoms with Crippen LogP contribution in [0, 0.1) is 0 Å². The van der Waals surface area contributed by atoms with Gasteiger partial charge < -0.3 is 5.11 Å². The zero-order valence-corrected chi connectivity index (χ0v) is 8.69. The number of aliphatic carboxylic acids is 1. The van der Waals surface area contributed by atoms with Crippen molar-refractivity contribution in [3.63, 3.8) is 0 Å². The van der Waals surface area contributed by atoms with Crippen molar-refractivity contribution in [1.82, 2.24) is 9.96 Å². The third-order valence-electron chi connectivity index (χ3n) is 2.73. The predicted octanol–water partition coefficient (Wildman–Crippen LogP) is -2.12. The summed E-state index contributed by atoms with van der Waals surface area (Å²) in [7, 11) is 0. The Bertz CT molecular complexity index is 519. The first-order chi connectivity index (χ1) is 8.32. The fourth-order valence-electron chi connectivity index (χ4n) is 1.87. The van der Waals surface area contributed by atoms with Crippen LogP contribution in [0.25, 0.3) is 0 Å². The number of nitrogens with zero attached hydrogens (tertiary/aromatic N) is 2. The lowest BCUT2D eigenvalue weighted by Gasteiger charge is -2.29. The number of amides is 4. The summed E-state index contributed by atoms with van der Waals surface area (Å²) in [6.07, 6.45) is 0.576. The Balaban J connectivity index is 2.57. The highest BCUT2D eigenvalue weighted by Crippen LogP contribution is 2.32. The number of imide groups is 2. The second kappa shape index (κ2) is 3.47. The second-order valence-corrected chi connectivity index (χ2v) is 3.70. The van der Waals surface area contributed by atoms with Gasteiger partial charge in [-0.25, -0.2) is 9.69 Å². The molecule has 4 amide bonds. The number of hydroxylamine groups is 2. The van der Waals surface area contributed by atoms with Gasteiger partial charge in [0.2, 0.25) is 5.54 Å². The summed E-state index contributed by atoms with van der Waals surface area (Å²) in [5.74, 6) is -6.65. The summed E-state index contributed by atoms with van der Waals surface area (Å²) in [6, 6.07) is 0. The summed E-state index contributed by atoms with van der Waals surface area (Å²) in [4.78, 5) is 57.1. The van der Waals surface area contributed by atoms with Gasteiger partial charge in [-0.3, -0.25) is 24.4 Å². The van der Waals surface area contributed by atoms with Gasteiger partial charge in [-0.05, 0) is 0 Å². The summed E-state index contributed by atoms with van der Waals surface area (Å²) >= 11 is 0. The highest BCUT2D eigenvalue weighted by molar-refractivity contribution is 6.26. The molecule has 0 aromatic rings.